The number of aromatic nitrogens is 2. The molecule has 124 valence electrons. The van der Waals surface area contributed by atoms with Gasteiger partial charge < -0.3 is 15.0 Å². The maximum atomic E-state index is 12.0. The number of urea groups is 1. The Hall–Kier alpha value is -2.05. The molecule has 22 heavy (non-hydrogen) atoms. The van der Waals surface area contributed by atoms with Gasteiger partial charge in [0, 0.05) is 25.8 Å². The van der Waals surface area contributed by atoms with Gasteiger partial charge in [-0.05, 0) is 39.7 Å². The first-order valence-corrected chi connectivity index (χ1v) is 7.44. The summed E-state index contributed by atoms with van der Waals surface area (Å²) in [4.78, 5) is 24.9. The number of esters is 1. The topological polar surface area (TPSA) is 76.5 Å². The zero-order chi connectivity index (χ0) is 16.9. The fraction of sp³-hybridized carbons (Fsp3) is 0.667. The van der Waals surface area contributed by atoms with Crippen LogP contribution >= 0.6 is 0 Å². The van der Waals surface area contributed by atoms with Crippen LogP contribution in [-0.4, -0.2) is 53.4 Å². The molecule has 1 aromatic rings. The third-order valence-corrected chi connectivity index (χ3v) is 3.77. The van der Waals surface area contributed by atoms with Crippen LogP contribution in [0.4, 0.5) is 4.79 Å². The van der Waals surface area contributed by atoms with Gasteiger partial charge in [0.05, 0.1) is 12.8 Å². The van der Waals surface area contributed by atoms with E-state index in [0.29, 0.717) is 6.54 Å². The number of amides is 2. The standard InChI is InChI=1S/C15H26N4O3/c1-7-19-12(4)13(10(2)17-19)8-9-18(5)15(21)16-11(3)14(20)22-6/h11H,7-9H2,1-6H3,(H,16,21)/t11-/m0/s1. The fourth-order valence-electron chi connectivity index (χ4n) is 2.32. The molecular formula is C15H26N4O3. The van der Waals surface area contributed by atoms with Gasteiger partial charge in [-0.2, -0.15) is 5.10 Å². The van der Waals surface area contributed by atoms with E-state index in [1.807, 2.05) is 18.5 Å². The molecule has 0 saturated heterocycles. The monoisotopic (exact) mass is 310 g/mol. The van der Waals surface area contributed by atoms with Crippen LogP contribution in [0, 0.1) is 13.8 Å². The number of carbonyl (C=O) groups excluding carboxylic acids is 2. The first-order valence-electron chi connectivity index (χ1n) is 7.44. The Bertz CT molecular complexity index is 539. The number of likely N-dealkylation sites (N-methyl/N-ethyl adjacent to an activating group) is 1. The molecule has 0 aliphatic rings. The Morgan fingerprint density at radius 1 is 1.41 bits per heavy atom. The number of aryl methyl sites for hydroxylation is 2. The molecule has 0 bridgehead atoms. The van der Waals surface area contributed by atoms with Crippen molar-refractivity contribution in [3.05, 3.63) is 17.0 Å². The van der Waals surface area contributed by atoms with Crippen molar-refractivity contribution in [3.8, 4) is 0 Å². The van der Waals surface area contributed by atoms with E-state index in [9.17, 15) is 9.59 Å². The minimum atomic E-state index is -0.661. The van der Waals surface area contributed by atoms with Crippen LogP contribution in [0.15, 0.2) is 0 Å². The molecule has 1 rings (SSSR count). The molecule has 0 fully saturated rings. The molecular weight excluding hydrogens is 284 g/mol. The molecule has 7 heteroatoms. The van der Waals surface area contributed by atoms with Gasteiger partial charge in [-0.1, -0.05) is 0 Å². The highest BCUT2D eigenvalue weighted by Gasteiger charge is 2.19. The van der Waals surface area contributed by atoms with Gasteiger partial charge in [0.1, 0.15) is 6.04 Å². The van der Waals surface area contributed by atoms with E-state index in [0.717, 1.165) is 24.4 Å². The molecule has 1 aromatic heterocycles. The van der Waals surface area contributed by atoms with Gasteiger partial charge in [0.15, 0.2) is 0 Å². The maximum Gasteiger partial charge on any atom is 0.328 e. The average Bonchev–Trinajstić information content (AvgIpc) is 2.77. The molecule has 0 aromatic carbocycles. The first kappa shape index (κ1) is 18.0. The molecule has 0 saturated carbocycles. The summed E-state index contributed by atoms with van der Waals surface area (Å²) >= 11 is 0. The molecule has 0 unspecified atom stereocenters. The lowest BCUT2D eigenvalue weighted by molar-refractivity contribution is -0.142. The molecule has 2 amide bonds. The van der Waals surface area contributed by atoms with Crippen molar-refractivity contribution in [3.63, 3.8) is 0 Å². The van der Waals surface area contributed by atoms with E-state index in [2.05, 4.69) is 22.1 Å². The number of methoxy groups -OCH3 is 1. The minimum Gasteiger partial charge on any atom is -0.467 e. The Morgan fingerprint density at radius 2 is 2.05 bits per heavy atom. The van der Waals surface area contributed by atoms with E-state index < -0.39 is 12.0 Å². The summed E-state index contributed by atoms with van der Waals surface area (Å²) in [7, 11) is 3.00. The van der Waals surface area contributed by atoms with Crippen molar-refractivity contribution in [2.24, 2.45) is 0 Å². The summed E-state index contributed by atoms with van der Waals surface area (Å²) < 4.78 is 6.55. The number of hydrogen-bond acceptors (Lipinski definition) is 4. The van der Waals surface area contributed by atoms with Crippen LogP contribution < -0.4 is 5.32 Å². The first-order chi connectivity index (χ1) is 10.3. The van der Waals surface area contributed by atoms with E-state index in [1.165, 1.54) is 12.7 Å². The molecule has 7 nitrogen and oxygen atoms in total. The quantitative estimate of drug-likeness (QED) is 0.803. The second-order valence-corrected chi connectivity index (χ2v) is 5.33. The summed E-state index contributed by atoms with van der Waals surface area (Å²) in [5.41, 5.74) is 3.30. The predicted octanol–water partition coefficient (Wildman–Crippen LogP) is 1.27. The molecule has 0 aliphatic heterocycles. The van der Waals surface area contributed by atoms with E-state index >= 15 is 0 Å². The van der Waals surface area contributed by atoms with Crippen molar-refractivity contribution in [2.75, 3.05) is 20.7 Å². The number of nitrogens with one attached hydrogen (secondary N) is 1. The van der Waals surface area contributed by atoms with Gasteiger partial charge >= 0.3 is 12.0 Å². The summed E-state index contributed by atoms with van der Waals surface area (Å²) in [6.45, 7) is 9.05. The Morgan fingerprint density at radius 3 is 2.55 bits per heavy atom. The highest BCUT2D eigenvalue weighted by atomic mass is 16.5. The normalized spacial score (nSPS) is 11.9. The molecule has 1 atom stereocenters. The van der Waals surface area contributed by atoms with Crippen molar-refractivity contribution in [2.45, 2.75) is 46.7 Å². The van der Waals surface area contributed by atoms with Gasteiger partial charge in [-0.15, -0.1) is 0 Å². The second kappa shape index (κ2) is 7.82. The largest absolute Gasteiger partial charge is 0.467 e. The zero-order valence-corrected chi connectivity index (χ0v) is 14.3. The fourth-order valence-corrected chi connectivity index (χ4v) is 2.32. The number of nitrogens with zero attached hydrogens (tertiary/aromatic N) is 3. The van der Waals surface area contributed by atoms with E-state index in [1.54, 1.807) is 18.9 Å². The van der Waals surface area contributed by atoms with Crippen LogP contribution in [0.1, 0.15) is 30.8 Å². The van der Waals surface area contributed by atoms with Crippen LogP contribution in [0.5, 0.6) is 0 Å². The van der Waals surface area contributed by atoms with Crippen LogP contribution in [-0.2, 0) is 22.5 Å². The lowest BCUT2D eigenvalue weighted by atomic mass is 10.1. The third-order valence-electron chi connectivity index (χ3n) is 3.77. The van der Waals surface area contributed by atoms with Crippen molar-refractivity contribution in [1.29, 1.82) is 0 Å². The molecule has 0 aliphatic carbocycles. The molecule has 1 N–H and O–H groups in total. The van der Waals surface area contributed by atoms with Crippen molar-refractivity contribution >= 4 is 12.0 Å². The van der Waals surface area contributed by atoms with Gasteiger partial charge in [0.25, 0.3) is 0 Å². The number of rotatable bonds is 6. The summed E-state index contributed by atoms with van der Waals surface area (Å²) in [5, 5.41) is 7.07. The van der Waals surface area contributed by atoms with Crippen molar-refractivity contribution < 1.29 is 14.3 Å². The SMILES string of the molecule is CCn1nc(C)c(CCN(C)C(=O)N[C@@H](C)C(=O)OC)c1C. The highest BCUT2D eigenvalue weighted by molar-refractivity contribution is 5.83. The average molecular weight is 310 g/mol. The summed E-state index contributed by atoms with van der Waals surface area (Å²) in [6, 6.07) is -0.956. The van der Waals surface area contributed by atoms with Crippen LogP contribution in [0.3, 0.4) is 0 Å². The summed E-state index contributed by atoms with van der Waals surface area (Å²) in [6.07, 6.45) is 0.730. The lowest BCUT2D eigenvalue weighted by Gasteiger charge is -2.20. The Kier molecular flexibility index (Phi) is 6.39. The molecule has 1 heterocycles. The molecule has 0 radical (unpaired) electrons. The second-order valence-electron chi connectivity index (χ2n) is 5.33. The van der Waals surface area contributed by atoms with Gasteiger partial charge in [-0.25, -0.2) is 9.59 Å². The third kappa shape index (κ3) is 4.22. The molecule has 0 spiro atoms. The Balaban J connectivity index is 2.59. The number of ether oxygens (including phenoxy) is 1. The number of hydrogen-bond donors (Lipinski definition) is 1. The Labute approximate surface area is 131 Å². The predicted molar refractivity (Wildman–Crippen MR) is 83.7 cm³/mol. The number of carbonyl (C=O) groups is 2. The van der Waals surface area contributed by atoms with Crippen LogP contribution in [0.25, 0.3) is 0 Å². The van der Waals surface area contributed by atoms with E-state index in [-0.39, 0.29) is 6.03 Å². The summed E-state index contributed by atoms with van der Waals surface area (Å²) in [5.74, 6) is -0.460. The zero-order valence-electron chi connectivity index (χ0n) is 14.3. The minimum absolute atomic E-state index is 0.295. The highest BCUT2D eigenvalue weighted by Crippen LogP contribution is 2.14. The van der Waals surface area contributed by atoms with Gasteiger partial charge in [-0.3, -0.25) is 4.68 Å². The van der Waals surface area contributed by atoms with Crippen LogP contribution in [0.2, 0.25) is 0 Å². The smallest absolute Gasteiger partial charge is 0.328 e. The van der Waals surface area contributed by atoms with Crippen molar-refractivity contribution in [1.82, 2.24) is 20.0 Å². The lowest BCUT2D eigenvalue weighted by Crippen LogP contribution is -2.46. The van der Waals surface area contributed by atoms with Gasteiger partial charge in [0.2, 0.25) is 0 Å². The maximum absolute atomic E-state index is 12.0. The van der Waals surface area contributed by atoms with E-state index in [4.69, 9.17) is 0 Å².